The lowest BCUT2D eigenvalue weighted by molar-refractivity contribution is 0.272. The van der Waals surface area contributed by atoms with Crippen LogP contribution in [0.5, 0.6) is 0 Å². The van der Waals surface area contributed by atoms with E-state index in [4.69, 9.17) is 0 Å². The summed E-state index contributed by atoms with van der Waals surface area (Å²) in [6.07, 6.45) is 1.55. The molecule has 0 aliphatic carbocycles. The number of aliphatic hydroxyl groups excluding tert-OH is 1. The first-order valence-electron chi connectivity index (χ1n) is 6.66. The largest absolute Gasteiger partial charge is 0.390 e. The van der Waals surface area contributed by atoms with Crippen molar-refractivity contribution in [1.29, 1.82) is 0 Å². The molecule has 0 saturated carbocycles. The first-order chi connectivity index (χ1) is 9.86. The van der Waals surface area contributed by atoms with E-state index >= 15 is 0 Å². The van der Waals surface area contributed by atoms with Crippen molar-refractivity contribution in [3.63, 3.8) is 0 Å². The Labute approximate surface area is 129 Å². The van der Waals surface area contributed by atoms with Crippen LogP contribution in [0.25, 0.3) is 0 Å². The third-order valence-corrected chi connectivity index (χ3v) is 6.17. The Morgan fingerprint density at radius 3 is 2.62 bits per heavy atom. The molecule has 116 valence electrons. The molecule has 2 rings (SSSR count). The van der Waals surface area contributed by atoms with E-state index in [9.17, 15) is 13.5 Å². The normalized spacial score (nSPS) is 12.5. The molecule has 0 aliphatic rings. The lowest BCUT2D eigenvalue weighted by Crippen LogP contribution is -2.36. The van der Waals surface area contributed by atoms with E-state index in [0.29, 0.717) is 12.2 Å². The number of aromatic nitrogens is 1. The summed E-state index contributed by atoms with van der Waals surface area (Å²) < 4.78 is 28.8. The van der Waals surface area contributed by atoms with Crippen LogP contribution >= 0.6 is 11.3 Å². The fourth-order valence-corrected chi connectivity index (χ4v) is 4.61. The second kappa shape index (κ2) is 6.31. The van der Waals surface area contributed by atoms with Crippen LogP contribution in [0.2, 0.25) is 0 Å². The zero-order valence-corrected chi connectivity index (χ0v) is 14.0. The van der Waals surface area contributed by atoms with Crippen molar-refractivity contribution in [3.05, 3.63) is 40.3 Å². The maximum absolute atomic E-state index is 12.8. The summed E-state index contributed by atoms with van der Waals surface area (Å²) in [5.41, 5.74) is 0.577. The van der Waals surface area contributed by atoms with Crippen molar-refractivity contribution < 1.29 is 13.5 Å². The number of hydrogen-bond acceptors (Lipinski definition) is 4. The van der Waals surface area contributed by atoms with Gasteiger partial charge in [0.2, 0.25) is 10.0 Å². The van der Waals surface area contributed by atoms with Crippen molar-refractivity contribution in [3.8, 4) is 0 Å². The summed E-state index contributed by atoms with van der Waals surface area (Å²) in [6.45, 7) is 3.90. The quantitative estimate of drug-likeness (QED) is 0.884. The fourth-order valence-electron chi connectivity index (χ4n) is 2.11. The van der Waals surface area contributed by atoms with Gasteiger partial charge in [0.25, 0.3) is 0 Å². The number of sulfonamides is 1. The fraction of sp³-hybridized carbons (Fsp3) is 0.429. The maximum atomic E-state index is 12.8. The molecule has 1 N–H and O–H groups in total. The van der Waals surface area contributed by atoms with Crippen LogP contribution in [0.1, 0.15) is 24.4 Å². The topological polar surface area (TPSA) is 62.5 Å². The highest BCUT2D eigenvalue weighted by Gasteiger charge is 2.28. The average Bonchev–Trinajstić information content (AvgIpc) is 3.04. The van der Waals surface area contributed by atoms with Crippen LogP contribution in [0, 0.1) is 0 Å². The molecule has 0 unspecified atom stereocenters. The molecule has 0 bridgehead atoms. The Morgan fingerprint density at radius 2 is 2.14 bits per heavy atom. The molecule has 0 spiro atoms. The van der Waals surface area contributed by atoms with Crippen LogP contribution in [-0.4, -0.2) is 28.4 Å². The minimum atomic E-state index is -3.58. The van der Waals surface area contributed by atoms with Gasteiger partial charge in [-0.15, -0.1) is 11.3 Å². The lowest BCUT2D eigenvalue weighted by Gasteiger charge is -2.24. The molecule has 0 fully saturated rings. The molecule has 0 aromatic carbocycles. The van der Waals surface area contributed by atoms with Crippen molar-refractivity contribution in [1.82, 2.24) is 8.87 Å². The number of aliphatic hydroxyl groups is 1. The molecule has 21 heavy (non-hydrogen) atoms. The Bertz CT molecular complexity index is 688. The molecular formula is C14H20N2O3S2. The Kier molecular flexibility index (Phi) is 4.88. The van der Waals surface area contributed by atoms with E-state index in [1.165, 1.54) is 10.4 Å². The Hall–Kier alpha value is -1.15. The summed E-state index contributed by atoms with van der Waals surface area (Å²) in [5.74, 6) is 0. The SMILES string of the molecule is CC(C)N(Cc1cccs1)S(=O)(=O)c1cc(CO)n(C)c1. The number of thiophene rings is 1. The highest BCUT2D eigenvalue weighted by atomic mass is 32.2. The summed E-state index contributed by atoms with van der Waals surface area (Å²) in [7, 11) is -1.85. The minimum Gasteiger partial charge on any atom is -0.390 e. The molecule has 0 amide bonds. The van der Waals surface area contributed by atoms with Gasteiger partial charge in [0, 0.05) is 36.4 Å². The van der Waals surface area contributed by atoms with E-state index in [1.54, 1.807) is 29.1 Å². The maximum Gasteiger partial charge on any atom is 0.245 e. The standard InChI is InChI=1S/C14H20N2O3S2/c1-11(2)16(8-13-5-4-6-20-13)21(18,19)14-7-12(10-17)15(3)9-14/h4-7,9,11,17H,8,10H2,1-3H3. The van der Waals surface area contributed by atoms with Crippen LogP contribution < -0.4 is 0 Å². The van der Waals surface area contributed by atoms with Crippen molar-refractivity contribution in [2.24, 2.45) is 7.05 Å². The van der Waals surface area contributed by atoms with Gasteiger partial charge in [0.15, 0.2) is 0 Å². The number of hydrogen-bond donors (Lipinski definition) is 1. The zero-order chi connectivity index (χ0) is 15.6. The first-order valence-corrected chi connectivity index (χ1v) is 8.98. The van der Waals surface area contributed by atoms with Gasteiger partial charge in [-0.2, -0.15) is 4.31 Å². The molecule has 5 nitrogen and oxygen atoms in total. The highest BCUT2D eigenvalue weighted by Crippen LogP contribution is 2.24. The first kappa shape index (κ1) is 16.2. The van der Waals surface area contributed by atoms with E-state index in [1.807, 2.05) is 31.4 Å². The van der Waals surface area contributed by atoms with Gasteiger partial charge in [0.05, 0.1) is 6.61 Å². The second-order valence-corrected chi connectivity index (χ2v) is 8.08. The summed E-state index contributed by atoms with van der Waals surface area (Å²) >= 11 is 1.54. The zero-order valence-electron chi connectivity index (χ0n) is 12.4. The van der Waals surface area contributed by atoms with Gasteiger partial charge in [-0.3, -0.25) is 0 Å². The number of aryl methyl sites for hydroxylation is 1. The van der Waals surface area contributed by atoms with Gasteiger partial charge in [-0.1, -0.05) is 6.07 Å². The van der Waals surface area contributed by atoms with Crippen molar-refractivity contribution in [2.45, 2.75) is 37.9 Å². The highest BCUT2D eigenvalue weighted by molar-refractivity contribution is 7.89. The number of nitrogens with zero attached hydrogens (tertiary/aromatic N) is 2. The van der Waals surface area contributed by atoms with E-state index in [0.717, 1.165) is 4.88 Å². The summed E-state index contributed by atoms with van der Waals surface area (Å²) in [6, 6.07) is 5.23. The molecule has 0 radical (unpaired) electrons. The van der Waals surface area contributed by atoms with Gasteiger partial charge in [-0.05, 0) is 31.4 Å². The molecular weight excluding hydrogens is 308 g/mol. The van der Waals surface area contributed by atoms with Crippen LogP contribution in [0.3, 0.4) is 0 Å². The monoisotopic (exact) mass is 328 g/mol. The van der Waals surface area contributed by atoms with E-state index in [2.05, 4.69) is 0 Å². The van der Waals surface area contributed by atoms with Gasteiger partial charge >= 0.3 is 0 Å². The average molecular weight is 328 g/mol. The third-order valence-electron chi connectivity index (χ3n) is 3.32. The molecule has 0 aliphatic heterocycles. The van der Waals surface area contributed by atoms with E-state index < -0.39 is 10.0 Å². The van der Waals surface area contributed by atoms with Crippen LogP contribution in [0.15, 0.2) is 34.7 Å². The van der Waals surface area contributed by atoms with Crippen molar-refractivity contribution in [2.75, 3.05) is 0 Å². The van der Waals surface area contributed by atoms with Gasteiger partial charge in [-0.25, -0.2) is 8.42 Å². The second-order valence-electron chi connectivity index (χ2n) is 5.16. The van der Waals surface area contributed by atoms with Crippen LogP contribution in [-0.2, 0) is 30.2 Å². The van der Waals surface area contributed by atoms with E-state index in [-0.39, 0.29) is 17.5 Å². The van der Waals surface area contributed by atoms with Crippen LogP contribution in [0.4, 0.5) is 0 Å². The summed E-state index contributed by atoms with van der Waals surface area (Å²) in [5, 5.41) is 11.2. The Balaban J connectivity index is 2.37. The smallest absolute Gasteiger partial charge is 0.245 e. The van der Waals surface area contributed by atoms with Gasteiger partial charge in [0.1, 0.15) is 4.90 Å². The predicted molar refractivity (Wildman–Crippen MR) is 83.5 cm³/mol. The molecule has 0 saturated heterocycles. The molecule has 0 atom stereocenters. The van der Waals surface area contributed by atoms with Crippen molar-refractivity contribution >= 4 is 21.4 Å². The summed E-state index contributed by atoms with van der Waals surface area (Å²) in [4.78, 5) is 1.23. The molecule has 2 heterocycles. The molecule has 2 aromatic rings. The molecule has 7 heteroatoms. The lowest BCUT2D eigenvalue weighted by atomic mass is 10.4. The predicted octanol–water partition coefficient (Wildman–Crippen LogP) is 2.18. The third kappa shape index (κ3) is 3.37. The molecule has 2 aromatic heterocycles. The Morgan fingerprint density at radius 1 is 1.43 bits per heavy atom. The number of rotatable bonds is 6. The van der Waals surface area contributed by atoms with Gasteiger partial charge < -0.3 is 9.67 Å². The minimum absolute atomic E-state index is 0.144.